The van der Waals surface area contributed by atoms with Crippen molar-refractivity contribution in [2.75, 3.05) is 33.4 Å². The van der Waals surface area contributed by atoms with Gasteiger partial charge in [-0.15, -0.1) is 0 Å². The smallest absolute Gasteiger partial charge is 0.104 e. The highest BCUT2D eigenvalue weighted by Crippen LogP contribution is 2.26. The molecule has 0 aromatic heterocycles. The average Bonchev–Trinajstić information content (AvgIpc) is 2.17. The number of nitrogens with zero attached hydrogens (tertiary/aromatic N) is 1. The van der Waals surface area contributed by atoms with Crippen molar-refractivity contribution in [2.24, 2.45) is 5.92 Å². The van der Waals surface area contributed by atoms with Crippen molar-refractivity contribution in [3.8, 4) is 0 Å². The largest absolute Gasteiger partial charge is 0.393 e. The molecule has 1 heterocycles. The van der Waals surface area contributed by atoms with Crippen molar-refractivity contribution in [1.82, 2.24) is 4.90 Å². The Hall–Kier alpha value is -0.120. The maximum absolute atomic E-state index is 9.45. The second-order valence-electron chi connectivity index (χ2n) is 4.64. The van der Waals surface area contributed by atoms with Crippen LogP contribution in [0.2, 0.25) is 0 Å². The Bertz CT molecular complexity index is 175. The molecular formula is C11H23NO2. The number of hydrogen-bond donors (Lipinski definition) is 1. The fourth-order valence-electron chi connectivity index (χ4n) is 2.10. The fourth-order valence-corrected chi connectivity index (χ4v) is 2.10. The number of aliphatic hydroxyl groups excluding tert-OH is 1. The average molecular weight is 201 g/mol. The monoisotopic (exact) mass is 201 g/mol. The Labute approximate surface area is 87.1 Å². The fraction of sp³-hybridized carbons (Fsp3) is 1.00. The molecule has 0 spiro atoms. The van der Waals surface area contributed by atoms with Gasteiger partial charge in [-0.05, 0) is 19.4 Å². The minimum atomic E-state index is -0.303. The van der Waals surface area contributed by atoms with Crippen molar-refractivity contribution in [3.05, 3.63) is 0 Å². The minimum Gasteiger partial charge on any atom is -0.393 e. The van der Waals surface area contributed by atoms with E-state index in [0.717, 1.165) is 32.5 Å². The summed E-state index contributed by atoms with van der Waals surface area (Å²) in [6.45, 7) is 7.11. The van der Waals surface area contributed by atoms with Crippen LogP contribution in [0.5, 0.6) is 0 Å². The van der Waals surface area contributed by atoms with E-state index in [-0.39, 0.29) is 12.2 Å². The van der Waals surface area contributed by atoms with Gasteiger partial charge in [0.25, 0.3) is 0 Å². The molecule has 0 bridgehead atoms. The first-order chi connectivity index (χ1) is 6.62. The van der Waals surface area contributed by atoms with Crippen molar-refractivity contribution < 1.29 is 9.84 Å². The van der Waals surface area contributed by atoms with Crippen molar-refractivity contribution in [1.29, 1.82) is 0 Å². The van der Waals surface area contributed by atoms with Crippen LogP contribution in [-0.4, -0.2) is 49.0 Å². The molecular weight excluding hydrogens is 178 g/mol. The molecule has 0 aliphatic carbocycles. The van der Waals surface area contributed by atoms with E-state index < -0.39 is 0 Å². The first-order valence-electron chi connectivity index (χ1n) is 5.55. The Morgan fingerprint density at radius 2 is 2.29 bits per heavy atom. The van der Waals surface area contributed by atoms with Crippen LogP contribution in [0.4, 0.5) is 0 Å². The van der Waals surface area contributed by atoms with Crippen LogP contribution in [0.25, 0.3) is 0 Å². The number of aliphatic hydroxyl groups is 1. The number of hydrogen-bond acceptors (Lipinski definition) is 3. The molecule has 3 heteroatoms. The zero-order valence-electron chi connectivity index (χ0n) is 9.62. The Balaban J connectivity index is 2.55. The number of rotatable bonds is 4. The topological polar surface area (TPSA) is 32.7 Å². The molecule has 0 aromatic carbocycles. The van der Waals surface area contributed by atoms with E-state index in [0.29, 0.717) is 5.92 Å². The van der Waals surface area contributed by atoms with E-state index in [2.05, 4.69) is 25.8 Å². The van der Waals surface area contributed by atoms with Gasteiger partial charge in [0, 0.05) is 13.1 Å². The summed E-state index contributed by atoms with van der Waals surface area (Å²) in [6.07, 6.45) is 2.11. The first-order valence-corrected chi connectivity index (χ1v) is 5.55. The van der Waals surface area contributed by atoms with Gasteiger partial charge in [-0.25, -0.2) is 0 Å². The van der Waals surface area contributed by atoms with Crippen LogP contribution in [0.3, 0.4) is 0 Å². The summed E-state index contributed by atoms with van der Waals surface area (Å²) in [5, 5.41) is 9.45. The van der Waals surface area contributed by atoms with E-state index in [9.17, 15) is 5.11 Å². The first kappa shape index (κ1) is 12.0. The SMILES string of the molecule is CCC(C)CC1(CO)CN(C)CCO1. The highest BCUT2D eigenvalue weighted by atomic mass is 16.5. The number of likely N-dealkylation sites (N-methyl/N-ethyl adjacent to an activating group) is 1. The summed E-state index contributed by atoms with van der Waals surface area (Å²) in [6, 6.07) is 0. The quantitative estimate of drug-likeness (QED) is 0.739. The Kier molecular flexibility index (Phi) is 4.35. The summed E-state index contributed by atoms with van der Waals surface area (Å²) in [5.41, 5.74) is -0.303. The van der Waals surface area contributed by atoms with Gasteiger partial charge in [-0.1, -0.05) is 20.3 Å². The third-order valence-corrected chi connectivity index (χ3v) is 3.14. The summed E-state index contributed by atoms with van der Waals surface area (Å²) >= 11 is 0. The van der Waals surface area contributed by atoms with Crippen LogP contribution < -0.4 is 0 Å². The molecule has 1 aliphatic rings. The van der Waals surface area contributed by atoms with Crippen LogP contribution >= 0.6 is 0 Å². The van der Waals surface area contributed by atoms with E-state index in [4.69, 9.17) is 4.74 Å². The van der Waals surface area contributed by atoms with Crippen molar-refractivity contribution in [3.63, 3.8) is 0 Å². The summed E-state index contributed by atoms with van der Waals surface area (Å²) in [4.78, 5) is 2.24. The van der Waals surface area contributed by atoms with Gasteiger partial charge in [0.05, 0.1) is 13.2 Å². The predicted octanol–water partition coefficient (Wildman–Crippen LogP) is 1.12. The highest BCUT2D eigenvalue weighted by molar-refractivity contribution is 4.87. The lowest BCUT2D eigenvalue weighted by atomic mass is 9.89. The molecule has 1 N–H and O–H groups in total. The normalized spacial score (nSPS) is 31.7. The molecule has 2 atom stereocenters. The van der Waals surface area contributed by atoms with Crippen LogP contribution in [0.15, 0.2) is 0 Å². The van der Waals surface area contributed by atoms with Gasteiger partial charge in [0.1, 0.15) is 5.60 Å². The van der Waals surface area contributed by atoms with Gasteiger partial charge in [0.15, 0.2) is 0 Å². The zero-order valence-corrected chi connectivity index (χ0v) is 9.62. The molecule has 2 unspecified atom stereocenters. The lowest BCUT2D eigenvalue weighted by Crippen LogP contribution is -2.53. The third-order valence-electron chi connectivity index (χ3n) is 3.14. The van der Waals surface area contributed by atoms with E-state index >= 15 is 0 Å². The lowest BCUT2D eigenvalue weighted by Gasteiger charge is -2.41. The molecule has 0 saturated carbocycles. The number of ether oxygens (including phenoxy) is 1. The molecule has 0 amide bonds. The van der Waals surface area contributed by atoms with Crippen LogP contribution in [0.1, 0.15) is 26.7 Å². The molecule has 1 rings (SSSR count). The van der Waals surface area contributed by atoms with Gasteiger partial charge in [-0.3, -0.25) is 0 Å². The molecule has 1 fully saturated rings. The third kappa shape index (κ3) is 2.94. The van der Waals surface area contributed by atoms with Gasteiger partial charge in [0.2, 0.25) is 0 Å². The van der Waals surface area contributed by atoms with E-state index in [1.165, 1.54) is 0 Å². The molecule has 3 nitrogen and oxygen atoms in total. The molecule has 84 valence electrons. The lowest BCUT2D eigenvalue weighted by molar-refractivity contribution is -0.138. The second-order valence-corrected chi connectivity index (χ2v) is 4.64. The molecule has 14 heavy (non-hydrogen) atoms. The minimum absolute atomic E-state index is 0.141. The van der Waals surface area contributed by atoms with Crippen molar-refractivity contribution >= 4 is 0 Å². The van der Waals surface area contributed by atoms with E-state index in [1.807, 2.05) is 0 Å². The molecule has 0 aromatic rings. The van der Waals surface area contributed by atoms with Gasteiger partial charge < -0.3 is 14.7 Å². The standard InChI is InChI=1S/C11H23NO2/c1-4-10(2)7-11(9-13)8-12(3)5-6-14-11/h10,13H,4-9H2,1-3H3. The van der Waals surface area contributed by atoms with E-state index in [1.54, 1.807) is 0 Å². The zero-order chi connectivity index (χ0) is 10.6. The second kappa shape index (κ2) is 5.10. The maximum Gasteiger partial charge on any atom is 0.104 e. The van der Waals surface area contributed by atoms with Crippen molar-refractivity contribution in [2.45, 2.75) is 32.3 Å². The molecule has 1 saturated heterocycles. The Morgan fingerprint density at radius 3 is 2.79 bits per heavy atom. The van der Waals surface area contributed by atoms with Gasteiger partial charge in [-0.2, -0.15) is 0 Å². The summed E-state index contributed by atoms with van der Waals surface area (Å²) < 4.78 is 5.77. The summed E-state index contributed by atoms with van der Waals surface area (Å²) in [7, 11) is 2.09. The predicted molar refractivity (Wildman–Crippen MR) is 57.3 cm³/mol. The summed E-state index contributed by atoms with van der Waals surface area (Å²) in [5.74, 6) is 0.619. The van der Waals surface area contributed by atoms with Crippen LogP contribution in [-0.2, 0) is 4.74 Å². The molecule has 1 aliphatic heterocycles. The molecule has 0 radical (unpaired) electrons. The Morgan fingerprint density at radius 1 is 1.57 bits per heavy atom. The highest BCUT2D eigenvalue weighted by Gasteiger charge is 2.35. The van der Waals surface area contributed by atoms with Gasteiger partial charge >= 0.3 is 0 Å². The maximum atomic E-state index is 9.45. The number of morpholine rings is 1. The van der Waals surface area contributed by atoms with Crippen LogP contribution in [0, 0.1) is 5.92 Å².